The van der Waals surface area contributed by atoms with Gasteiger partial charge in [0.15, 0.2) is 11.5 Å². The number of rotatable bonds is 9. The second kappa shape index (κ2) is 9.33. The lowest BCUT2D eigenvalue weighted by Crippen LogP contribution is -2.33. The number of nitrogens with zero attached hydrogens (tertiary/aromatic N) is 1. The van der Waals surface area contributed by atoms with Gasteiger partial charge in [-0.2, -0.15) is 0 Å². The quantitative estimate of drug-likeness (QED) is 0.455. The van der Waals surface area contributed by atoms with Gasteiger partial charge < -0.3 is 19.9 Å². The van der Waals surface area contributed by atoms with E-state index in [2.05, 4.69) is 21.2 Å². The maximum atomic E-state index is 10.9. The Morgan fingerprint density at radius 1 is 1.30 bits per heavy atom. The number of nitro groups is 1. The lowest BCUT2D eigenvalue weighted by molar-refractivity contribution is -0.384. The van der Waals surface area contributed by atoms with Crippen LogP contribution in [0.3, 0.4) is 0 Å². The van der Waals surface area contributed by atoms with Gasteiger partial charge in [0.2, 0.25) is 0 Å². The van der Waals surface area contributed by atoms with Crippen LogP contribution in [0.15, 0.2) is 40.9 Å². The molecule has 0 aliphatic carbocycles. The van der Waals surface area contributed by atoms with Crippen molar-refractivity contribution >= 4 is 27.6 Å². The largest absolute Gasteiger partial charge is 0.493 e. The van der Waals surface area contributed by atoms with Gasteiger partial charge in [-0.3, -0.25) is 14.9 Å². The number of hydrogen-bond donors (Lipinski definition) is 2. The third-order valence-corrected chi connectivity index (χ3v) is 4.58. The highest BCUT2D eigenvalue weighted by atomic mass is 79.9. The first-order valence-electron chi connectivity index (χ1n) is 8.00. The van der Waals surface area contributed by atoms with Gasteiger partial charge in [0.25, 0.3) is 5.69 Å². The number of ether oxygens (including phenoxy) is 2. The third kappa shape index (κ3) is 5.66. The first-order valence-corrected chi connectivity index (χ1v) is 8.80. The Morgan fingerprint density at radius 3 is 2.52 bits per heavy atom. The molecule has 0 bridgehead atoms. The normalized spacial score (nSPS) is 11.7. The molecule has 0 aliphatic heterocycles. The molecule has 27 heavy (non-hydrogen) atoms. The fourth-order valence-corrected chi connectivity index (χ4v) is 2.67. The number of hydrogen-bond acceptors (Lipinski definition) is 6. The van der Waals surface area contributed by atoms with Crippen molar-refractivity contribution in [2.45, 2.75) is 26.1 Å². The molecule has 0 aliphatic rings. The lowest BCUT2D eigenvalue weighted by Gasteiger charge is -2.15. The van der Waals surface area contributed by atoms with Gasteiger partial charge in [-0.15, -0.1) is 0 Å². The summed E-state index contributed by atoms with van der Waals surface area (Å²) in [5.41, 5.74) is 1.62. The van der Waals surface area contributed by atoms with Crippen LogP contribution in [0.4, 0.5) is 5.69 Å². The number of halogens is 1. The van der Waals surface area contributed by atoms with Crippen LogP contribution in [0.2, 0.25) is 0 Å². The standard InChI is InChI=1S/C18H19BrN2O6/c1-11(18(22)23)20-9-13-7-16(26-2)17(8-15(13)19)27-10-12-3-5-14(6-4-12)21(24)25/h3-8,11,20H,9-10H2,1-2H3,(H,22,23). The summed E-state index contributed by atoms with van der Waals surface area (Å²) >= 11 is 3.45. The first kappa shape index (κ1) is 20.7. The minimum Gasteiger partial charge on any atom is -0.493 e. The summed E-state index contributed by atoms with van der Waals surface area (Å²) in [4.78, 5) is 21.1. The van der Waals surface area contributed by atoms with Gasteiger partial charge in [-0.1, -0.05) is 15.9 Å². The Kier molecular flexibility index (Phi) is 7.14. The fourth-order valence-electron chi connectivity index (χ4n) is 2.21. The topological polar surface area (TPSA) is 111 Å². The average molecular weight is 439 g/mol. The zero-order chi connectivity index (χ0) is 20.0. The molecule has 0 heterocycles. The SMILES string of the molecule is COc1cc(CNC(C)C(=O)O)c(Br)cc1OCc1ccc([N+](=O)[O-])cc1. The van der Waals surface area contributed by atoms with Gasteiger partial charge in [-0.05, 0) is 42.3 Å². The number of nitrogens with one attached hydrogen (secondary N) is 1. The zero-order valence-electron chi connectivity index (χ0n) is 14.8. The Bertz CT molecular complexity index is 825. The fraction of sp³-hybridized carbons (Fsp3) is 0.278. The molecule has 144 valence electrons. The van der Waals surface area contributed by atoms with Gasteiger partial charge >= 0.3 is 5.97 Å². The van der Waals surface area contributed by atoms with Crippen molar-refractivity contribution in [1.29, 1.82) is 0 Å². The molecule has 0 saturated carbocycles. The number of carboxylic acids is 1. The van der Waals surface area contributed by atoms with E-state index in [-0.39, 0.29) is 12.3 Å². The second-order valence-corrected chi connectivity index (χ2v) is 6.60. The van der Waals surface area contributed by atoms with E-state index in [1.807, 2.05) is 0 Å². The number of aliphatic carboxylic acids is 1. The number of carboxylic acid groups (broad SMARTS) is 1. The van der Waals surface area contributed by atoms with Crippen LogP contribution in [0.1, 0.15) is 18.1 Å². The predicted molar refractivity (Wildman–Crippen MR) is 102 cm³/mol. The predicted octanol–water partition coefficient (Wildman–Crippen LogP) is 3.51. The second-order valence-electron chi connectivity index (χ2n) is 5.75. The molecule has 2 aromatic rings. The summed E-state index contributed by atoms with van der Waals surface area (Å²) in [6.45, 7) is 2.12. The molecule has 2 N–H and O–H groups in total. The smallest absolute Gasteiger partial charge is 0.320 e. The summed E-state index contributed by atoms with van der Waals surface area (Å²) in [7, 11) is 1.51. The van der Waals surface area contributed by atoms with Crippen LogP contribution >= 0.6 is 15.9 Å². The van der Waals surface area contributed by atoms with E-state index in [1.165, 1.54) is 19.2 Å². The van der Waals surface area contributed by atoms with Crippen LogP contribution in [-0.4, -0.2) is 29.2 Å². The minimum absolute atomic E-state index is 0.0199. The van der Waals surface area contributed by atoms with Crippen molar-refractivity contribution < 1.29 is 24.3 Å². The van der Waals surface area contributed by atoms with Crippen LogP contribution in [-0.2, 0) is 17.9 Å². The minimum atomic E-state index is -0.930. The maximum absolute atomic E-state index is 10.9. The van der Waals surface area contributed by atoms with E-state index >= 15 is 0 Å². The van der Waals surface area contributed by atoms with Gasteiger partial charge in [0.1, 0.15) is 12.6 Å². The Hall–Kier alpha value is -2.65. The Morgan fingerprint density at radius 2 is 1.96 bits per heavy atom. The molecule has 1 unspecified atom stereocenters. The molecule has 0 fully saturated rings. The third-order valence-electron chi connectivity index (χ3n) is 3.84. The number of methoxy groups -OCH3 is 1. The summed E-state index contributed by atoms with van der Waals surface area (Å²) in [6.07, 6.45) is 0. The van der Waals surface area contributed by atoms with E-state index in [1.54, 1.807) is 31.2 Å². The van der Waals surface area contributed by atoms with Gasteiger partial charge in [-0.25, -0.2) is 0 Å². The van der Waals surface area contributed by atoms with E-state index in [9.17, 15) is 14.9 Å². The van der Waals surface area contributed by atoms with Crippen molar-refractivity contribution in [2.75, 3.05) is 7.11 Å². The van der Waals surface area contributed by atoms with E-state index in [0.29, 0.717) is 18.0 Å². The molecule has 0 saturated heterocycles. The molecule has 9 heteroatoms. The van der Waals surface area contributed by atoms with Crippen molar-refractivity contribution in [3.63, 3.8) is 0 Å². The van der Waals surface area contributed by atoms with Crippen molar-refractivity contribution in [3.05, 3.63) is 62.1 Å². The van der Waals surface area contributed by atoms with Crippen LogP contribution in [0, 0.1) is 10.1 Å². The van der Waals surface area contributed by atoms with E-state index < -0.39 is 16.9 Å². The highest BCUT2D eigenvalue weighted by Crippen LogP contribution is 2.34. The molecule has 2 aromatic carbocycles. The Labute approximate surface area is 164 Å². The zero-order valence-corrected chi connectivity index (χ0v) is 16.4. The van der Waals surface area contributed by atoms with Gasteiger partial charge in [0.05, 0.1) is 12.0 Å². The number of carbonyl (C=O) groups is 1. The number of nitro benzene ring substituents is 1. The molecule has 0 radical (unpaired) electrons. The lowest BCUT2D eigenvalue weighted by atomic mass is 10.2. The van der Waals surface area contributed by atoms with Crippen LogP contribution in [0.5, 0.6) is 11.5 Å². The molecule has 2 rings (SSSR count). The molecule has 0 amide bonds. The first-order chi connectivity index (χ1) is 12.8. The average Bonchev–Trinajstić information content (AvgIpc) is 2.65. The molecular formula is C18H19BrN2O6. The summed E-state index contributed by atoms with van der Waals surface area (Å²) < 4.78 is 11.9. The molecule has 0 aromatic heterocycles. The Balaban J connectivity index is 2.09. The summed E-state index contributed by atoms with van der Waals surface area (Å²) in [6, 6.07) is 8.93. The monoisotopic (exact) mass is 438 g/mol. The maximum Gasteiger partial charge on any atom is 0.320 e. The molecule has 8 nitrogen and oxygen atoms in total. The molecule has 0 spiro atoms. The molecular weight excluding hydrogens is 420 g/mol. The van der Waals surface area contributed by atoms with Crippen LogP contribution < -0.4 is 14.8 Å². The molecule has 1 atom stereocenters. The highest BCUT2D eigenvalue weighted by Gasteiger charge is 2.14. The number of benzene rings is 2. The van der Waals surface area contributed by atoms with Crippen molar-refractivity contribution in [2.24, 2.45) is 0 Å². The van der Waals surface area contributed by atoms with E-state index in [0.717, 1.165) is 15.6 Å². The summed E-state index contributed by atoms with van der Waals surface area (Å²) in [5.74, 6) is 0.0683. The highest BCUT2D eigenvalue weighted by molar-refractivity contribution is 9.10. The number of non-ortho nitro benzene ring substituents is 1. The van der Waals surface area contributed by atoms with Crippen molar-refractivity contribution in [3.8, 4) is 11.5 Å². The summed E-state index contributed by atoms with van der Waals surface area (Å²) in [5, 5.41) is 22.5. The van der Waals surface area contributed by atoms with E-state index in [4.69, 9.17) is 14.6 Å². The van der Waals surface area contributed by atoms with Crippen LogP contribution in [0.25, 0.3) is 0 Å². The van der Waals surface area contributed by atoms with Gasteiger partial charge in [0, 0.05) is 23.2 Å². The van der Waals surface area contributed by atoms with Crippen molar-refractivity contribution in [1.82, 2.24) is 5.32 Å².